The van der Waals surface area contributed by atoms with E-state index in [2.05, 4.69) is 19.2 Å². The van der Waals surface area contributed by atoms with Crippen LogP contribution in [0, 0.1) is 0 Å². The lowest BCUT2D eigenvalue weighted by Crippen LogP contribution is -2.53. The number of nitrogens with one attached hydrogen (secondary N) is 1. The third-order valence-corrected chi connectivity index (χ3v) is 2.99. The molecule has 0 aliphatic rings. The summed E-state index contributed by atoms with van der Waals surface area (Å²) in [5.41, 5.74) is -1.02. The molecule has 0 aromatic rings. The third-order valence-electron chi connectivity index (χ3n) is 2.99. The third kappa shape index (κ3) is 5.49. The van der Waals surface area contributed by atoms with Crippen LogP contribution in [0.4, 0.5) is 0 Å². The van der Waals surface area contributed by atoms with E-state index in [9.17, 15) is 4.79 Å². The van der Waals surface area contributed by atoms with Gasteiger partial charge in [0.05, 0.1) is 11.6 Å². The van der Waals surface area contributed by atoms with Gasteiger partial charge in [0.2, 0.25) is 0 Å². The van der Waals surface area contributed by atoms with Crippen LogP contribution < -0.4 is 5.32 Å². The van der Waals surface area contributed by atoms with Gasteiger partial charge in [-0.25, -0.2) is 0 Å². The molecule has 0 fully saturated rings. The monoisotopic (exact) mass is 257 g/mol. The van der Waals surface area contributed by atoms with E-state index in [0.29, 0.717) is 12.5 Å². The van der Waals surface area contributed by atoms with Gasteiger partial charge in [-0.3, -0.25) is 4.79 Å². The van der Waals surface area contributed by atoms with E-state index >= 15 is 0 Å². The van der Waals surface area contributed by atoms with Gasteiger partial charge in [-0.1, -0.05) is 27.7 Å². The Morgan fingerprint density at radius 1 is 1.17 bits per heavy atom. The molecule has 0 rings (SSSR count). The zero-order chi connectivity index (χ0) is 14.6. The lowest BCUT2D eigenvalue weighted by atomic mass is 9.89. The highest BCUT2D eigenvalue weighted by Gasteiger charge is 2.39. The van der Waals surface area contributed by atoms with Crippen LogP contribution in [-0.4, -0.2) is 29.1 Å². The summed E-state index contributed by atoms with van der Waals surface area (Å²) in [7, 11) is 0. The van der Waals surface area contributed by atoms with Crippen molar-refractivity contribution in [2.75, 3.05) is 0 Å². The van der Waals surface area contributed by atoms with E-state index in [0.717, 1.165) is 6.42 Å². The smallest absolute Gasteiger partial charge is 0.181 e. The molecule has 0 bridgehead atoms. The van der Waals surface area contributed by atoms with Crippen molar-refractivity contribution in [2.45, 2.75) is 91.5 Å². The first-order valence-electron chi connectivity index (χ1n) is 7.06. The summed E-state index contributed by atoms with van der Waals surface area (Å²) in [5.74, 6) is 0.163. The Morgan fingerprint density at radius 2 is 1.67 bits per heavy atom. The van der Waals surface area contributed by atoms with Crippen LogP contribution in [0.25, 0.3) is 0 Å². The van der Waals surface area contributed by atoms with Crippen molar-refractivity contribution < 1.29 is 9.53 Å². The zero-order valence-corrected chi connectivity index (χ0v) is 13.4. The minimum absolute atomic E-state index is 0.128. The van der Waals surface area contributed by atoms with Gasteiger partial charge in [0, 0.05) is 6.04 Å². The predicted octanol–water partition coefficient (Wildman–Crippen LogP) is 3.32. The average molecular weight is 257 g/mol. The fourth-order valence-corrected chi connectivity index (χ4v) is 2.12. The minimum Gasteiger partial charge on any atom is -0.362 e. The fraction of sp³-hybridized carbons (Fsp3) is 0.933. The van der Waals surface area contributed by atoms with Crippen molar-refractivity contribution in [3.8, 4) is 0 Å². The largest absolute Gasteiger partial charge is 0.362 e. The summed E-state index contributed by atoms with van der Waals surface area (Å²) in [6, 6.07) is 0.173. The lowest BCUT2D eigenvalue weighted by Gasteiger charge is -2.37. The van der Waals surface area contributed by atoms with Gasteiger partial charge in [-0.05, 0) is 40.5 Å². The molecule has 2 unspecified atom stereocenters. The maximum atomic E-state index is 12.7. The molecule has 2 atom stereocenters. The molecule has 3 nitrogen and oxygen atoms in total. The standard InChI is InChI=1S/C15H31NO2/c1-9-12(16-11(3)4)13(17)15(8,10-2)18-14(5,6)7/h11-12,16H,9-10H2,1-8H3. The van der Waals surface area contributed by atoms with Crippen LogP contribution in [0.5, 0.6) is 0 Å². The van der Waals surface area contributed by atoms with Gasteiger partial charge in [-0.2, -0.15) is 0 Å². The van der Waals surface area contributed by atoms with E-state index in [4.69, 9.17) is 4.74 Å². The Labute approximate surface area is 113 Å². The Kier molecular flexibility index (Phi) is 6.52. The van der Waals surface area contributed by atoms with Gasteiger partial charge < -0.3 is 10.1 Å². The molecule has 0 aliphatic carbocycles. The molecular formula is C15H31NO2. The fourth-order valence-electron chi connectivity index (χ4n) is 2.12. The summed E-state index contributed by atoms with van der Waals surface area (Å²) >= 11 is 0. The van der Waals surface area contributed by atoms with Gasteiger partial charge in [0.25, 0.3) is 0 Å². The van der Waals surface area contributed by atoms with Gasteiger partial charge in [0.1, 0.15) is 5.60 Å². The number of hydrogen-bond donors (Lipinski definition) is 1. The summed E-state index contributed by atoms with van der Waals surface area (Å²) in [6.07, 6.45) is 1.49. The first kappa shape index (κ1) is 17.6. The molecule has 0 heterocycles. The predicted molar refractivity (Wildman–Crippen MR) is 76.9 cm³/mol. The molecule has 108 valence electrons. The van der Waals surface area contributed by atoms with Crippen LogP contribution in [0.15, 0.2) is 0 Å². The molecule has 0 saturated carbocycles. The van der Waals surface area contributed by atoms with E-state index in [-0.39, 0.29) is 17.4 Å². The van der Waals surface area contributed by atoms with E-state index < -0.39 is 5.60 Å². The normalized spacial score (nSPS) is 17.6. The summed E-state index contributed by atoms with van der Waals surface area (Å²) in [5, 5.41) is 3.33. The van der Waals surface area contributed by atoms with Crippen molar-refractivity contribution in [1.82, 2.24) is 5.32 Å². The Morgan fingerprint density at radius 3 is 1.94 bits per heavy atom. The topological polar surface area (TPSA) is 38.3 Å². The van der Waals surface area contributed by atoms with E-state index in [1.807, 2.05) is 41.5 Å². The van der Waals surface area contributed by atoms with Crippen LogP contribution in [-0.2, 0) is 9.53 Å². The molecule has 0 amide bonds. The maximum Gasteiger partial charge on any atom is 0.181 e. The molecule has 0 radical (unpaired) electrons. The number of ether oxygens (including phenoxy) is 1. The highest BCUT2D eigenvalue weighted by Crippen LogP contribution is 2.26. The maximum absolute atomic E-state index is 12.7. The highest BCUT2D eigenvalue weighted by molar-refractivity contribution is 5.91. The van der Waals surface area contributed by atoms with Crippen molar-refractivity contribution in [1.29, 1.82) is 0 Å². The van der Waals surface area contributed by atoms with Crippen LogP contribution in [0.2, 0.25) is 0 Å². The molecule has 0 aliphatic heterocycles. The van der Waals surface area contributed by atoms with Crippen LogP contribution in [0.3, 0.4) is 0 Å². The molecule has 0 spiro atoms. The number of hydrogen-bond acceptors (Lipinski definition) is 3. The molecule has 3 heteroatoms. The second-order valence-corrected chi connectivity index (χ2v) is 6.45. The van der Waals surface area contributed by atoms with Crippen molar-refractivity contribution in [3.63, 3.8) is 0 Å². The first-order chi connectivity index (χ1) is 8.05. The summed E-state index contributed by atoms with van der Waals surface area (Å²) in [4.78, 5) is 12.7. The Hall–Kier alpha value is -0.410. The first-order valence-corrected chi connectivity index (χ1v) is 7.06. The van der Waals surface area contributed by atoms with Crippen molar-refractivity contribution >= 4 is 5.78 Å². The van der Waals surface area contributed by atoms with Gasteiger partial charge in [-0.15, -0.1) is 0 Å². The Balaban J connectivity index is 4.97. The number of rotatable bonds is 7. The Bertz CT molecular complexity index is 268. The summed E-state index contributed by atoms with van der Waals surface area (Å²) in [6.45, 7) is 16.0. The summed E-state index contributed by atoms with van der Waals surface area (Å²) < 4.78 is 6.01. The number of Topliss-reactive ketones (excluding diaryl/α,β-unsaturated/α-hetero) is 1. The number of carbonyl (C=O) groups is 1. The molecule has 18 heavy (non-hydrogen) atoms. The molecule has 0 saturated heterocycles. The molecule has 1 N–H and O–H groups in total. The number of ketones is 1. The quantitative estimate of drug-likeness (QED) is 0.760. The highest BCUT2D eigenvalue weighted by atomic mass is 16.5. The molecular weight excluding hydrogens is 226 g/mol. The molecule has 0 aromatic heterocycles. The minimum atomic E-state index is -0.708. The number of carbonyl (C=O) groups excluding carboxylic acids is 1. The van der Waals surface area contributed by atoms with Crippen LogP contribution in [0.1, 0.15) is 68.2 Å². The average Bonchev–Trinajstić information content (AvgIpc) is 2.22. The van der Waals surface area contributed by atoms with Crippen LogP contribution >= 0.6 is 0 Å². The SMILES string of the molecule is CCC(NC(C)C)C(=O)C(C)(CC)OC(C)(C)C. The van der Waals surface area contributed by atoms with E-state index in [1.165, 1.54) is 0 Å². The molecule has 0 aromatic carbocycles. The zero-order valence-electron chi connectivity index (χ0n) is 13.4. The second kappa shape index (κ2) is 6.67. The van der Waals surface area contributed by atoms with Crippen molar-refractivity contribution in [3.05, 3.63) is 0 Å². The van der Waals surface area contributed by atoms with Gasteiger partial charge in [0.15, 0.2) is 5.78 Å². The van der Waals surface area contributed by atoms with Gasteiger partial charge >= 0.3 is 0 Å². The van der Waals surface area contributed by atoms with Crippen molar-refractivity contribution in [2.24, 2.45) is 0 Å². The van der Waals surface area contributed by atoms with E-state index in [1.54, 1.807) is 0 Å². The lowest BCUT2D eigenvalue weighted by molar-refractivity contribution is -0.164. The second-order valence-electron chi connectivity index (χ2n) is 6.45.